The number of hydrogen-bond acceptors (Lipinski definition) is 5. The summed E-state index contributed by atoms with van der Waals surface area (Å²) < 4.78 is 1.11. The molecule has 8 heteroatoms. The van der Waals surface area contributed by atoms with Crippen molar-refractivity contribution in [3.8, 4) is 0 Å². The van der Waals surface area contributed by atoms with E-state index in [9.17, 15) is 9.59 Å². The van der Waals surface area contributed by atoms with Crippen LogP contribution in [-0.4, -0.2) is 48.9 Å². The van der Waals surface area contributed by atoms with E-state index in [1.54, 1.807) is 7.05 Å². The van der Waals surface area contributed by atoms with Gasteiger partial charge < -0.3 is 10.0 Å². The topological polar surface area (TPSA) is 101 Å². The zero-order valence-corrected chi connectivity index (χ0v) is 11.7. The molecule has 8 nitrogen and oxygen atoms in total. The van der Waals surface area contributed by atoms with Crippen molar-refractivity contribution in [3.05, 3.63) is 41.5 Å². The molecule has 2 rings (SSSR count). The summed E-state index contributed by atoms with van der Waals surface area (Å²) in [5, 5.41) is 15.9. The van der Waals surface area contributed by atoms with Gasteiger partial charge in [-0.25, -0.2) is 4.68 Å². The minimum absolute atomic E-state index is 0.103. The second-order valence-electron chi connectivity index (χ2n) is 4.63. The lowest BCUT2D eigenvalue weighted by atomic mass is 10.3. The zero-order chi connectivity index (χ0) is 15.4. The van der Waals surface area contributed by atoms with Gasteiger partial charge in [0, 0.05) is 12.7 Å². The molecule has 0 atom stereocenters. The van der Waals surface area contributed by atoms with E-state index in [-0.39, 0.29) is 18.1 Å². The highest BCUT2D eigenvalue weighted by atomic mass is 16.4. The van der Waals surface area contributed by atoms with Crippen molar-refractivity contribution in [1.82, 2.24) is 24.9 Å². The van der Waals surface area contributed by atoms with Crippen LogP contribution in [-0.2, 0) is 17.9 Å². The number of nitrogens with zero attached hydrogens (tertiary/aromatic N) is 5. The van der Waals surface area contributed by atoms with Crippen LogP contribution in [0.2, 0.25) is 0 Å². The van der Waals surface area contributed by atoms with Gasteiger partial charge >= 0.3 is 5.97 Å². The normalized spacial score (nSPS) is 10.4. The molecule has 0 aliphatic heterocycles. The zero-order valence-electron chi connectivity index (χ0n) is 11.7. The fraction of sp³-hybridized carbons (Fsp3) is 0.308. The molecular formula is C13H15N5O3. The molecule has 1 amide bonds. The second-order valence-corrected chi connectivity index (χ2v) is 4.63. The molecule has 0 fully saturated rings. The van der Waals surface area contributed by atoms with Crippen molar-refractivity contribution >= 4 is 11.9 Å². The monoisotopic (exact) mass is 289 g/mol. The molecular weight excluding hydrogens is 274 g/mol. The van der Waals surface area contributed by atoms with Crippen molar-refractivity contribution < 1.29 is 14.7 Å². The van der Waals surface area contributed by atoms with Gasteiger partial charge in [-0.1, -0.05) is 11.3 Å². The highest BCUT2D eigenvalue weighted by Gasteiger charge is 2.17. The third kappa shape index (κ3) is 3.85. The average molecular weight is 289 g/mol. The molecule has 0 unspecified atom stereocenters. The number of aromatic nitrogens is 4. The van der Waals surface area contributed by atoms with E-state index < -0.39 is 5.97 Å². The largest absolute Gasteiger partial charge is 0.480 e. The molecule has 110 valence electrons. The summed E-state index contributed by atoms with van der Waals surface area (Å²) >= 11 is 0. The van der Waals surface area contributed by atoms with Crippen LogP contribution in [0.5, 0.6) is 0 Å². The third-order valence-corrected chi connectivity index (χ3v) is 2.75. The summed E-state index contributed by atoms with van der Waals surface area (Å²) in [6.45, 7) is 1.89. The molecule has 0 aliphatic carbocycles. The summed E-state index contributed by atoms with van der Waals surface area (Å²) in [6, 6.07) is 5.58. The van der Waals surface area contributed by atoms with E-state index in [0.717, 1.165) is 16.1 Å². The third-order valence-electron chi connectivity index (χ3n) is 2.75. The Morgan fingerprint density at radius 1 is 1.38 bits per heavy atom. The fourth-order valence-electron chi connectivity index (χ4n) is 1.81. The Morgan fingerprint density at radius 2 is 2.14 bits per heavy atom. The number of hydrogen-bond donors (Lipinski definition) is 1. The molecule has 2 heterocycles. The maximum atomic E-state index is 12.2. The number of pyridine rings is 1. The highest BCUT2D eigenvalue weighted by Crippen LogP contribution is 2.05. The van der Waals surface area contributed by atoms with Crippen LogP contribution in [0.25, 0.3) is 0 Å². The Labute approximate surface area is 121 Å². The maximum Gasteiger partial charge on any atom is 0.325 e. The number of carbonyl (C=O) groups is 2. The van der Waals surface area contributed by atoms with Gasteiger partial charge in [0.1, 0.15) is 6.54 Å². The summed E-state index contributed by atoms with van der Waals surface area (Å²) in [4.78, 5) is 28.5. The van der Waals surface area contributed by atoms with Crippen LogP contribution in [0, 0.1) is 6.92 Å². The Hall–Kier alpha value is -2.77. The van der Waals surface area contributed by atoms with Crippen molar-refractivity contribution in [2.24, 2.45) is 0 Å². The molecule has 0 aliphatic rings. The number of aliphatic carboxylic acids is 1. The van der Waals surface area contributed by atoms with Crippen LogP contribution in [0.4, 0.5) is 0 Å². The molecule has 2 aromatic rings. The first-order chi connectivity index (χ1) is 9.95. The molecule has 0 aromatic carbocycles. The summed E-state index contributed by atoms with van der Waals surface area (Å²) in [5.41, 5.74) is 1.75. The predicted molar refractivity (Wildman–Crippen MR) is 72.4 cm³/mol. The van der Waals surface area contributed by atoms with Gasteiger partial charge in [-0.15, -0.1) is 5.10 Å². The SMILES string of the molecule is Cc1cccc(CN(C)C(=O)c2cn(CC(=O)O)nn2)n1. The van der Waals surface area contributed by atoms with Crippen LogP contribution >= 0.6 is 0 Å². The van der Waals surface area contributed by atoms with Crippen molar-refractivity contribution in [1.29, 1.82) is 0 Å². The molecule has 0 radical (unpaired) electrons. The molecule has 2 aromatic heterocycles. The second kappa shape index (κ2) is 6.12. The Kier molecular flexibility index (Phi) is 4.27. The summed E-state index contributed by atoms with van der Waals surface area (Å²) in [7, 11) is 1.63. The van der Waals surface area contributed by atoms with Crippen molar-refractivity contribution in [2.75, 3.05) is 7.05 Å². The van der Waals surface area contributed by atoms with Gasteiger partial charge in [-0.3, -0.25) is 14.6 Å². The van der Waals surface area contributed by atoms with Crippen molar-refractivity contribution in [2.45, 2.75) is 20.0 Å². The molecule has 0 saturated carbocycles. The lowest BCUT2D eigenvalue weighted by Crippen LogP contribution is -2.27. The van der Waals surface area contributed by atoms with Crippen LogP contribution in [0.1, 0.15) is 21.9 Å². The minimum atomic E-state index is -1.05. The van der Waals surface area contributed by atoms with Gasteiger partial charge in [-0.2, -0.15) is 0 Å². The first-order valence-corrected chi connectivity index (χ1v) is 6.25. The predicted octanol–water partition coefficient (Wildman–Crippen LogP) is 0.338. The minimum Gasteiger partial charge on any atom is -0.480 e. The van der Waals surface area contributed by atoms with Gasteiger partial charge in [0.15, 0.2) is 5.69 Å². The lowest BCUT2D eigenvalue weighted by Gasteiger charge is -2.15. The van der Waals surface area contributed by atoms with E-state index in [4.69, 9.17) is 5.11 Å². The fourth-order valence-corrected chi connectivity index (χ4v) is 1.81. The van der Waals surface area contributed by atoms with Crippen LogP contribution in [0.3, 0.4) is 0 Å². The van der Waals surface area contributed by atoms with Crippen LogP contribution < -0.4 is 0 Å². The first-order valence-electron chi connectivity index (χ1n) is 6.25. The molecule has 21 heavy (non-hydrogen) atoms. The molecule has 0 bridgehead atoms. The summed E-state index contributed by atoms with van der Waals surface area (Å²) in [5.74, 6) is -1.38. The first kappa shape index (κ1) is 14.6. The lowest BCUT2D eigenvalue weighted by molar-refractivity contribution is -0.137. The number of amides is 1. The van der Waals surface area contributed by atoms with E-state index >= 15 is 0 Å². The number of carboxylic acids is 1. The number of carbonyl (C=O) groups excluding carboxylic acids is 1. The number of carboxylic acid groups (broad SMARTS) is 1. The smallest absolute Gasteiger partial charge is 0.325 e. The van der Waals surface area contributed by atoms with Crippen molar-refractivity contribution in [3.63, 3.8) is 0 Å². The molecule has 1 N–H and O–H groups in total. The molecule has 0 spiro atoms. The number of aryl methyl sites for hydroxylation is 1. The van der Waals surface area contributed by atoms with Gasteiger partial charge in [0.05, 0.1) is 18.4 Å². The van der Waals surface area contributed by atoms with Gasteiger partial charge in [0.2, 0.25) is 0 Å². The Bertz CT molecular complexity index is 667. The Balaban J connectivity index is 2.05. The average Bonchev–Trinajstić information content (AvgIpc) is 2.85. The summed E-state index contributed by atoms with van der Waals surface area (Å²) in [6.07, 6.45) is 1.32. The standard InChI is InChI=1S/C13H15N5O3/c1-9-4-3-5-10(14-9)6-17(2)13(21)11-7-18(16-15-11)8-12(19)20/h3-5,7H,6,8H2,1-2H3,(H,19,20). The van der Waals surface area contributed by atoms with E-state index in [1.165, 1.54) is 11.1 Å². The van der Waals surface area contributed by atoms with E-state index in [2.05, 4.69) is 15.3 Å². The quantitative estimate of drug-likeness (QED) is 0.851. The number of rotatable bonds is 5. The highest BCUT2D eigenvalue weighted by molar-refractivity contribution is 5.91. The molecule has 0 saturated heterocycles. The van der Waals surface area contributed by atoms with Gasteiger partial charge in [-0.05, 0) is 19.1 Å². The van der Waals surface area contributed by atoms with Gasteiger partial charge in [0.25, 0.3) is 5.91 Å². The Morgan fingerprint density at radius 3 is 2.81 bits per heavy atom. The van der Waals surface area contributed by atoms with E-state index in [0.29, 0.717) is 6.54 Å². The van der Waals surface area contributed by atoms with Crippen LogP contribution in [0.15, 0.2) is 24.4 Å². The maximum absolute atomic E-state index is 12.2. The van der Waals surface area contributed by atoms with E-state index in [1.807, 2.05) is 25.1 Å².